The van der Waals surface area contributed by atoms with Gasteiger partial charge in [0.25, 0.3) is 0 Å². The number of hydrogen-bond acceptors (Lipinski definition) is 8. The zero-order valence-corrected chi connectivity index (χ0v) is 11.4. The Hall–Kier alpha value is -1.55. The Morgan fingerprint density at radius 3 is 2.47 bits per heavy atom. The third-order valence-corrected chi connectivity index (χ3v) is 6.32. The molecule has 10 heteroatoms. The average Bonchev–Trinajstić information content (AvgIpc) is 3.00. The number of sulfone groups is 1. The highest BCUT2D eigenvalue weighted by Gasteiger charge is 2.34. The molecule has 0 atom stereocenters. The fourth-order valence-electron chi connectivity index (χ4n) is 1.88. The van der Waals surface area contributed by atoms with Crippen molar-refractivity contribution >= 4 is 33.2 Å². The Balaban J connectivity index is 2.21. The van der Waals surface area contributed by atoms with Crippen LogP contribution < -0.4 is 5.73 Å². The van der Waals surface area contributed by atoms with E-state index in [0.29, 0.717) is 24.2 Å². The molecule has 1 saturated carbocycles. The molecule has 0 aromatic carbocycles. The lowest BCUT2D eigenvalue weighted by molar-refractivity contribution is 0.0637. The van der Waals surface area contributed by atoms with Gasteiger partial charge in [0.1, 0.15) is 0 Å². The highest BCUT2D eigenvalue weighted by Crippen LogP contribution is 2.30. The Morgan fingerprint density at radius 1 is 1.26 bits per heavy atom. The number of nitrogens with zero attached hydrogens (tertiary/aromatic N) is 2. The van der Waals surface area contributed by atoms with Gasteiger partial charge in [-0.15, -0.1) is 10.2 Å². The summed E-state index contributed by atoms with van der Waals surface area (Å²) in [6, 6.07) is 0. The van der Waals surface area contributed by atoms with Crippen LogP contribution in [-0.2, 0) is 14.6 Å². The molecule has 1 aliphatic carbocycles. The lowest BCUT2D eigenvalue weighted by Crippen LogP contribution is -2.18. The zero-order chi connectivity index (χ0) is 14.0. The maximum absolute atomic E-state index is 12.2. The maximum atomic E-state index is 12.2. The van der Waals surface area contributed by atoms with Gasteiger partial charge in [-0.05, 0) is 12.8 Å². The number of rotatable bonds is 3. The van der Waals surface area contributed by atoms with Gasteiger partial charge in [0, 0.05) is 0 Å². The first-order valence-corrected chi connectivity index (χ1v) is 7.86. The van der Waals surface area contributed by atoms with E-state index in [1.807, 2.05) is 0 Å². The van der Waals surface area contributed by atoms with Gasteiger partial charge in [0.15, 0.2) is 0 Å². The van der Waals surface area contributed by atoms with Crippen molar-refractivity contribution in [1.82, 2.24) is 10.2 Å². The smallest absolute Gasteiger partial charge is 0.371 e. The first-order chi connectivity index (χ1) is 8.91. The summed E-state index contributed by atoms with van der Waals surface area (Å²) in [6.45, 7) is 0. The first kappa shape index (κ1) is 13.9. The number of amides is 1. The molecule has 0 saturated heterocycles. The van der Waals surface area contributed by atoms with Gasteiger partial charge in [-0.3, -0.25) is 0 Å². The van der Waals surface area contributed by atoms with Crippen LogP contribution in [0.3, 0.4) is 0 Å². The lowest BCUT2D eigenvalue weighted by atomic mass is 10.4. The van der Waals surface area contributed by atoms with Crippen LogP contribution >= 0.6 is 11.3 Å². The lowest BCUT2D eigenvalue weighted by Gasteiger charge is -2.06. The number of carbonyl (C=O) groups excluding carboxylic acids is 2. The Labute approximate surface area is 112 Å². The summed E-state index contributed by atoms with van der Waals surface area (Å²) in [5.41, 5.74) is 4.68. The second-order valence-electron chi connectivity index (χ2n) is 4.03. The first-order valence-electron chi connectivity index (χ1n) is 5.50. The Morgan fingerprint density at radius 2 is 1.89 bits per heavy atom. The SMILES string of the molecule is NC(=O)OC(=O)c1nnc(S(=O)(=O)C2CCCC2)s1. The van der Waals surface area contributed by atoms with Crippen LogP contribution in [-0.4, -0.2) is 35.9 Å². The zero-order valence-electron chi connectivity index (χ0n) is 9.74. The molecule has 0 unspecified atom stereocenters. The summed E-state index contributed by atoms with van der Waals surface area (Å²) in [4.78, 5) is 21.7. The molecule has 0 aliphatic heterocycles. The van der Waals surface area contributed by atoms with E-state index in [2.05, 4.69) is 20.7 Å². The van der Waals surface area contributed by atoms with E-state index in [9.17, 15) is 18.0 Å². The van der Waals surface area contributed by atoms with Crippen LogP contribution in [0.5, 0.6) is 0 Å². The van der Waals surface area contributed by atoms with E-state index in [1.54, 1.807) is 0 Å². The summed E-state index contributed by atoms with van der Waals surface area (Å²) < 4.78 is 28.2. The van der Waals surface area contributed by atoms with Gasteiger partial charge in [-0.2, -0.15) is 0 Å². The van der Waals surface area contributed by atoms with E-state index in [0.717, 1.165) is 12.8 Å². The summed E-state index contributed by atoms with van der Waals surface area (Å²) >= 11 is 0.584. The molecule has 1 aromatic rings. The fourth-order valence-corrected chi connectivity index (χ4v) is 4.84. The maximum Gasteiger partial charge on any atom is 0.412 e. The molecule has 0 spiro atoms. The van der Waals surface area contributed by atoms with E-state index in [-0.39, 0.29) is 9.35 Å². The minimum atomic E-state index is -3.56. The van der Waals surface area contributed by atoms with Crippen molar-refractivity contribution in [2.45, 2.75) is 35.3 Å². The Bertz CT molecular complexity index is 603. The van der Waals surface area contributed by atoms with Gasteiger partial charge >= 0.3 is 12.1 Å². The standard InChI is InChI=1S/C9H11N3O5S2/c10-8(14)17-7(13)6-11-12-9(18-6)19(15,16)5-3-1-2-4-5/h5H,1-4H2,(H2,10,14). The molecular formula is C9H11N3O5S2. The van der Waals surface area contributed by atoms with Crippen LogP contribution in [0.2, 0.25) is 0 Å². The van der Waals surface area contributed by atoms with Crippen molar-refractivity contribution in [3.8, 4) is 0 Å². The van der Waals surface area contributed by atoms with Gasteiger partial charge in [0.2, 0.25) is 19.2 Å². The highest BCUT2D eigenvalue weighted by atomic mass is 32.2. The van der Waals surface area contributed by atoms with Gasteiger partial charge in [-0.25, -0.2) is 18.0 Å². The normalized spacial score (nSPS) is 16.4. The number of primary amides is 1. The molecule has 104 valence electrons. The van der Waals surface area contributed by atoms with Crippen molar-refractivity contribution in [2.75, 3.05) is 0 Å². The summed E-state index contributed by atoms with van der Waals surface area (Å²) in [7, 11) is -3.56. The average molecular weight is 305 g/mol. The predicted molar refractivity (Wildman–Crippen MR) is 64.3 cm³/mol. The van der Waals surface area contributed by atoms with Crippen molar-refractivity contribution < 1.29 is 22.7 Å². The van der Waals surface area contributed by atoms with E-state index >= 15 is 0 Å². The van der Waals surface area contributed by atoms with Crippen LogP contribution in [0, 0.1) is 0 Å². The van der Waals surface area contributed by atoms with E-state index < -0.39 is 27.1 Å². The Kier molecular flexibility index (Phi) is 3.80. The molecule has 19 heavy (non-hydrogen) atoms. The van der Waals surface area contributed by atoms with Gasteiger partial charge < -0.3 is 10.5 Å². The number of ether oxygens (including phenoxy) is 1. The number of esters is 1. The van der Waals surface area contributed by atoms with Gasteiger partial charge in [-0.1, -0.05) is 24.2 Å². The molecule has 1 aromatic heterocycles. The minimum Gasteiger partial charge on any atom is -0.371 e. The van der Waals surface area contributed by atoms with Crippen LogP contribution in [0.25, 0.3) is 0 Å². The van der Waals surface area contributed by atoms with Crippen molar-refractivity contribution in [2.24, 2.45) is 5.73 Å². The quantitative estimate of drug-likeness (QED) is 0.635. The molecule has 2 rings (SSSR count). The summed E-state index contributed by atoms with van der Waals surface area (Å²) in [6.07, 6.45) is 1.62. The minimum absolute atomic E-state index is 0.226. The van der Waals surface area contributed by atoms with Crippen molar-refractivity contribution in [1.29, 1.82) is 0 Å². The third kappa shape index (κ3) is 2.89. The second kappa shape index (κ2) is 5.21. The number of carbonyl (C=O) groups is 2. The number of nitrogens with two attached hydrogens (primary N) is 1. The molecule has 1 heterocycles. The molecule has 1 aliphatic rings. The number of hydrogen-bond donors (Lipinski definition) is 1. The molecule has 0 bridgehead atoms. The van der Waals surface area contributed by atoms with Gasteiger partial charge in [0.05, 0.1) is 5.25 Å². The fraction of sp³-hybridized carbons (Fsp3) is 0.556. The molecule has 1 fully saturated rings. The summed E-state index contributed by atoms with van der Waals surface area (Å²) in [5, 5.41) is 6.12. The van der Waals surface area contributed by atoms with Crippen LogP contribution in [0.4, 0.5) is 4.79 Å². The van der Waals surface area contributed by atoms with Crippen molar-refractivity contribution in [3.05, 3.63) is 5.01 Å². The van der Waals surface area contributed by atoms with E-state index in [4.69, 9.17) is 0 Å². The summed E-state index contributed by atoms with van der Waals surface area (Å²) in [5.74, 6) is -1.10. The third-order valence-electron chi connectivity index (χ3n) is 2.76. The largest absolute Gasteiger partial charge is 0.412 e. The molecule has 2 N–H and O–H groups in total. The molecular weight excluding hydrogens is 294 g/mol. The predicted octanol–water partition coefficient (Wildman–Crippen LogP) is 0.490. The van der Waals surface area contributed by atoms with Crippen LogP contribution in [0.15, 0.2) is 4.34 Å². The highest BCUT2D eigenvalue weighted by molar-refractivity contribution is 7.93. The molecule has 0 radical (unpaired) electrons. The number of aromatic nitrogens is 2. The molecule has 8 nitrogen and oxygen atoms in total. The van der Waals surface area contributed by atoms with Crippen molar-refractivity contribution in [3.63, 3.8) is 0 Å². The monoisotopic (exact) mass is 305 g/mol. The van der Waals surface area contributed by atoms with Crippen LogP contribution in [0.1, 0.15) is 35.5 Å². The van der Waals surface area contributed by atoms with E-state index in [1.165, 1.54) is 0 Å². The molecule has 1 amide bonds. The second-order valence-corrected chi connectivity index (χ2v) is 7.41. The topological polar surface area (TPSA) is 129 Å².